The van der Waals surface area contributed by atoms with Crippen molar-refractivity contribution in [1.82, 2.24) is 4.90 Å². The van der Waals surface area contributed by atoms with Crippen molar-refractivity contribution in [3.05, 3.63) is 59.4 Å². The average molecular weight is 355 g/mol. The summed E-state index contributed by atoms with van der Waals surface area (Å²) in [6.07, 6.45) is 2.09. The molecule has 0 spiro atoms. The van der Waals surface area contributed by atoms with Gasteiger partial charge in [-0.25, -0.2) is 4.39 Å². The summed E-state index contributed by atoms with van der Waals surface area (Å²) in [4.78, 5) is 25.6. The van der Waals surface area contributed by atoms with Crippen molar-refractivity contribution < 1.29 is 14.0 Å². The number of nitrogens with zero attached hydrogens (tertiary/aromatic N) is 1. The van der Waals surface area contributed by atoms with Gasteiger partial charge in [0.1, 0.15) is 5.82 Å². The van der Waals surface area contributed by atoms with E-state index >= 15 is 0 Å². The number of anilines is 2. The smallest absolute Gasteiger partial charge is 0.253 e. The van der Waals surface area contributed by atoms with Crippen LogP contribution in [0.15, 0.2) is 42.5 Å². The van der Waals surface area contributed by atoms with Gasteiger partial charge in [-0.1, -0.05) is 12.1 Å². The number of carbonyl (C=O) groups is 2. The second kappa shape index (κ2) is 7.56. The van der Waals surface area contributed by atoms with E-state index < -0.39 is 0 Å². The van der Waals surface area contributed by atoms with E-state index in [-0.39, 0.29) is 24.2 Å². The Hall–Kier alpha value is -2.89. The third-order valence-electron chi connectivity index (χ3n) is 4.27. The maximum atomic E-state index is 14.0. The molecule has 1 aliphatic rings. The summed E-state index contributed by atoms with van der Waals surface area (Å²) in [5, 5.41) is 5.66. The fourth-order valence-corrected chi connectivity index (χ4v) is 2.74. The van der Waals surface area contributed by atoms with E-state index in [0.29, 0.717) is 22.9 Å². The van der Waals surface area contributed by atoms with Gasteiger partial charge in [-0.05, 0) is 54.7 Å². The number of hydrogen-bond acceptors (Lipinski definition) is 3. The molecule has 0 unspecified atom stereocenters. The van der Waals surface area contributed by atoms with Crippen LogP contribution in [0.2, 0.25) is 0 Å². The van der Waals surface area contributed by atoms with E-state index in [9.17, 15) is 14.0 Å². The molecule has 1 fully saturated rings. The van der Waals surface area contributed by atoms with Gasteiger partial charge in [0.05, 0.1) is 6.54 Å². The van der Waals surface area contributed by atoms with Gasteiger partial charge in [-0.15, -0.1) is 0 Å². The highest BCUT2D eigenvalue weighted by molar-refractivity contribution is 5.97. The first kappa shape index (κ1) is 17.9. The van der Waals surface area contributed by atoms with Gasteiger partial charge in [0.15, 0.2) is 0 Å². The molecule has 0 bridgehead atoms. The van der Waals surface area contributed by atoms with E-state index in [0.717, 1.165) is 18.4 Å². The van der Waals surface area contributed by atoms with Crippen molar-refractivity contribution in [2.24, 2.45) is 0 Å². The minimum Gasteiger partial charge on any atom is -0.376 e. The molecule has 1 saturated carbocycles. The second-order valence-electron chi connectivity index (χ2n) is 6.69. The summed E-state index contributed by atoms with van der Waals surface area (Å²) in [6.45, 7) is 0.00801. The van der Waals surface area contributed by atoms with Crippen molar-refractivity contribution in [1.29, 1.82) is 0 Å². The van der Waals surface area contributed by atoms with E-state index in [2.05, 4.69) is 10.6 Å². The molecule has 3 rings (SSSR count). The first-order chi connectivity index (χ1) is 12.4. The van der Waals surface area contributed by atoms with Crippen LogP contribution < -0.4 is 10.6 Å². The summed E-state index contributed by atoms with van der Waals surface area (Å²) in [6, 6.07) is 11.8. The third-order valence-corrected chi connectivity index (χ3v) is 4.27. The van der Waals surface area contributed by atoms with Crippen molar-refractivity contribution in [3.8, 4) is 0 Å². The molecule has 0 radical (unpaired) electrons. The number of halogens is 1. The summed E-state index contributed by atoms with van der Waals surface area (Å²) in [7, 11) is 3.34. The first-order valence-corrected chi connectivity index (χ1v) is 8.59. The maximum Gasteiger partial charge on any atom is 0.253 e. The SMILES string of the molecule is CN(C)C(=O)c1cccc(NC(=O)CNc2ccc(C3CC3)c(F)c2)c1. The lowest BCUT2D eigenvalue weighted by Crippen LogP contribution is -2.23. The Morgan fingerprint density at radius 3 is 2.54 bits per heavy atom. The van der Waals surface area contributed by atoms with Crippen LogP contribution in [0, 0.1) is 5.82 Å². The summed E-state index contributed by atoms with van der Waals surface area (Å²) < 4.78 is 14.0. The largest absolute Gasteiger partial charge is 0.376 e. The molecule has 0 saturated heterocycles. The van der Waals surface area contributed by atoms with Crippen LogP contribution in [0.3, 0.4) is 0 Å². The zero-order valence-corrected chi connectivity index (χ0v) is 14.9. The average Bonchev–Trinajstić information content (AvgIpc) is 3.44. The molecule has 0 aliphatic heterocycles. The van der Waals surface area contributed by atoms with Gasteiger partial charge in [-0.2, -0.15) is 0 Å². The molecular weight excluding hydrogens is 333 g/mol. The molecule has 2 amide bonds. The first-order valence-electron chi connectivity index (χ1n) is 8.59. The van der Waals surface area contributed by atoms with Gasteiger partial charge < -0.3 is 15.5 Å². The van der Waals surface area contributed by atoms with Crippen LogP contribution in [0.1, 0.15) is 34.7 Å². The Morgan fingerprint density at radius 2 is 1.88 bits per heavy atom. The molecule has 0 aromatic heterocycles. The topological polar surface area (TPSA) is 61.4 Å². The molecule has 0 heterocycles. The zero-order chi connectivity index (χ0) is 18.7. The molecule has 136 valence electrons. The molecule has 26 heavy (non-hydrogen) atoms. The normalized spacial score (nSPS) is 13.2. The lowest BCUT2D eigenvalue weighted by molar-refractivity contribution is -0.114. The highest BCUT2D eigenvalue weighted by Crippen LogP contribution is 2.41. The zero-order valence-electron chi connectivity index (χ0n) is 14.9. The fraction of sp³-hybridized carbons (Fsp3) is 0.300. The summed E-state index contributed by atoms with van der Waals surface area (Å²) in [5.41, 5.74) is 2.36. The van der Waals surface area contributed by atoms with Crippen LogP contribution in [0.5, 0.6) is 0 Å². The van der Waals surface area contributed by atoms with Crippen LogP contribution in [-0.2, 0) is 4.79 Å². The monoisotopic (exact) mass is 355 g/mol. The number of amides is 2. The van der Waals surface area contributed by atoms with Gasteiger partial charge in [0, 0.05) is 31.0 Å². The predicted octanol–water partition coefficient (Wildman–Crippen LogP) is 3.46. The standard InChI is InChI=1S/C20H22FN3O2/c1-24(2)20(26)14-4-3-5-16(10-14)23-19(25)12-22-15-8-9-17(13-6-7-13)18(21)11-15/h3-5,8-11,13,22H,6-7,12H2,1-2H3,(H,23,25). The van der Waals surface area contributed by atoms with E-state index in [1.165, 1.54) is 11.0 Å². The van der Waals surface area contributed by atoms with Crippen molar-refractivity contribution in [3.63, 3.8) is 0 Å². The molecule has 0 atom stereocenters. The number of benzene rings is 2. The van der Waals surface area contributed by atoms with Gasteiger partial charge in [0.25, 0.3) is 5.91 Å². The highest BCUT2D eigenvalue weighted by Gasteiger charge is 2.26. The quantitative estimate of drug-likeness (QED) is 0.834. The Morgan fingerprint density at radius 1 is 1.12 bits per heavy atom. The van der Waals surface area contributed by atoms with Gasteiger partial charge in [0.2, 0.25) is 5.91 Å². The number of carbonyl (C=O) groups excluding carboxylic acids is 2. The lowest BCUT2D eigenvalue weighted by Gasteiger charge is -2.12. The van der Waals surface area contributed by atoms with E-state index in [4.69, 9.17) is 0 Å². The van der Waals surface area contributed by atoms with Crippen LogP contribution in [-0.4, -0.2) is 37.4 Å². The molecule has 2 N–H and O–H groups in total. The highest BCUT2D eigenvalue weighted by atomic mass is 19.1. The number of rotatable bonds is 6. The Bertz CT molecular complexity index is 832. The molecular formula is C20H22FN3O2. The Balaban J connectivity index is 1.56. The van der Waals surface area contributed by atoms with E-state index in [1.54, 1.807) is 50.5 Å². The molecule has 2 aromatic carbocycles. The van der Waals surface area contributed by atoms with Crippen LogP contribution in [0.4, 0.5) is 15.8 Å². The Kier molecular flexibility index (Phi) is 5.21. The van der Waals surface area contributed by atoms with Gasteiger partial charge in [-0.3, -0.25) is 9.59 Å². The van der Waals surface area contributed by atoms with E-state index in [1.807, 2.05) is 0 Å². The summed E-state index contributed by atoms with van der Waals surface area (Å²) in [5.74, 6) is -0.283. The van der Waals surface area contributed by atoms with Crippen molar-refractivity contribution in [2.75, 3.05) is 31.3 Å². The predicted molar refractivity (Wildman–Crippen MR) is 100.0 cm³/mol. The maximum absolute atomic E-state index is 14.0. The molecule has 1 aliphatic carbocycles. The third kappa shape index (κ3) is 4.39. The lowest BCUT2D eigenvalue weighted by atomic mass is 10.1. The fourth-order valence-electron chi connectivity index (χ4n) is 2.74. The minimum absolute atomic E-state index is 0.00801. The van der Waals surface area contributed by atoms with Gasteiger partial charge >= 0.3 is 0 Å². The molecule has 5 nitrogen and oxygen atoms in total. The van der Waals surface area contributed by atoms with Crippen LogP contribution >= 0.6 is 0 Å². The minimum atomic E-state index is -0.272. The molecule has 6 heteroatoms. The number of nitrogens with one attached hydrogen (secondary N) is 2. The number of hydrogen-bond donors (Lipinski definition) is 2. The molecule has 2 aromatic rings. The van der Waals surface area contributed by atoms with Crippen molar-refractivity contribution >= 4 is 23.2 Å². The van der Waals surface area contributed by atoms with Crippen molar-refractivity contribution in [2.45, 2.75) is 18.8 Å². The second-order valence-corrected chi connectivity index (χ2v) is 6.69. The summed E-state index contributed by atoms with van der Waals surface area (Å²) >= 11 is 0. The van der Waals surface area contributed by atoms with Crippen LogP contribution in [0.25, 0.3) is 0 Å². The Labute approximate surface area is 152 Å².